The van der Waals surface area contributed by atoms with E-state index in [-0.39, 0.29) is 0 Å². The molecule has 0 aliphatic rings. The molecule has 0 aliphatic heterocycles. The van der Waals surface area contributed by atoms with Crippen molar-refractivity contribution in [3.8, 4) is 0 Å². The molecule has 0 saturated heterocycles. The summed E-state index contributed by atoms with van der Waals surface area (Å²) in [6.45, 7) is 0. The van der Waals surface area contributed by atoms with E-state index in [9.17, 15) is 0 Å². The monoisotopic (exact) mass is 275 g/mol. The van der Waals surface area contributed by atoms with E-state index >= 15 is 0 Å². The zero-order chi connectivity index (χ0) is 10.7. The molecule has 5 heteroatoms. The Kier molecular flexibility index (Phi) is 3.92. The summed E-state index contributed by atoms with van der Waals surface area (Å²) in [6, 6.07) is 8.10. The van der Waals surface area contributed by atoms with Crippen molar-refractivity contribution in [2.45, 2.75) is 4.34 Å². The Hall–Kier alpha value is -0.220. The van der Waals surface area contributed by atoms with Gasteiger partial charge in [0.15, 0.2) is 4.34 Å². The van der Waals surface area contributed by atoms with Crippen molar-refractivity contribution in [3.05, 3.63) is 34.8 Å². The molecular weight excluding hydrogens is 269 g/mol. The lowest BCUT2D eigenvalue weighted by Gasteiger charge is -1.88. The molecule has 0 spiro atoms. The van der Waals surface area contributed by atoms with Crippen LogP contribution in [0.3, 0.4) is 0 Å². The first-order chi connectivity index (χ1) is 7.25. The van der Waals surface area contributed by atoms with Crippen LogP contribution >= 0.6 is 46.3 Å². The fourth-order valence-electron chi connectivity index (χ4n) is 1.09. The van der Waals surface area contributed by atoms with E-state index in [1.165, 1.54) is 4.70 Å². The van der Waals surface area contributed by atoms with E-state index in [0.29, 0.717) is 4.49 Å². The van der Waals surface area contributed by atoms with E-state index in [1.807, 2.05) is 18.2 Å². The number of rotatable bonds is 3. The number of benzene rings is 1. The van der Waals surface area contributed by atoms with Gasteiger partial charge in [0, 0.05) is 5.75 Å². The number of hydrogen-bond acceptors (Lipinski definition) is 3. The SMILES string of the molecule is ClC(Cl)=CCSc1nc2ccccc2s1. The highest BCUT2D eigenvalue weighted by molar-refractivity contribution is 8.01. The standard InChI is InChI=1S/C10H7Cl2NS2/c11-9(12)5-6-14-10-13-7-3-1-2-4-8(7)15-10/h1-5H,6H2. The molecule has 1 heterocycles. The largest absolute Gasteiger partial charge is 0.230 e. The van der Waals surface area contributed by atoms with E-state index in [0.717, 1.165) is 15.6 Å². The van der Waals surface area contributed by atoms with Gasteiger partial charge in [-0.05, 0) is 18.2 Å². The third-order valence-corrected chi connectivity index (χ3v) is 4.13. The average Bonchev–Trinajstić information content (AvgIpc) is 2.59. The summed E-state index contributed by atoms with van der Waals surface area (Å²) in [6.07, 6.45) is 1.76. The van der Waals surface area contributed by atoms with Gasteiger partial charge in [0.2, 0.25) is 0 Å². The minimum Gasteiger partial charge on any atom is -0.230 e. The molecule has 1 nitrogen and oxygen atoms in total. The van der Waals surface area contributed by atoms with Crippen molar-refractivity contribution >= 4 is 56.5 Å². The van der Waals surface area contributed by atoms with Crippen LogP contribution in [0.25, 0.3) is 10.2 Å². The summed E-state index contributed by atoms with van der Waals surface area (Å²) in [4.78, 5) is 4.48. The first-order valence-electron chi connectivity index (χ1n) is 4.25. The van der Waals surface area contributed by atoms with Gasteiger partial charge in [0.05, 0.1) is 10.2 Å². The highest BCUT2D eigenvalue weighted by Crippen LogP contribution is 2.29. The van der Waals surface area contributed by atoms with E-state index in [1.54, 1.807) is 29.2 Å². The van der Waals surface area contributed by atoms with Gasteiger partial charge in [0.1, 0.15) is 4.49 Å². The Morgan fingerprint density at radius 1 is 1.40 bits per heavy atom. The van der Waals surface area contributed by atoms with Crippen molar-refractivity contribution in [2.24, 2.45) is 0 Å². The summed E-state index contributed by atoms with van der Waals surface area (Å²) in [5.74, 6) is 0.752. The molecule has 0 fully saturated rings. The average molecular weight is 276 g/mol. The minimum absolute atomic E-state index is 0.309. The van der Waals surface area contributed by atoms with Crippen molar-refractivity contribution in [1.29, 1.82) is 0 Å². The summed E-state index contributed by atoms with van der Waals surface area (Å²) in [5, 5.41) is 0. The number of aromatic nitrogens is 1. The second kappa shape index (κ2) is 5.21. The number of nitrogens with zero attached hydrogens (tertiary/aromatic N) is 1. The van der Waals surface area contributed by atoms with E-state index in [2.05, 4.69) is 11.1 Å². The van der Waals surface area contributed by atoms with Gasteiger partial charge in [-0.15, -0.1) is 11.3 Å². The molecule has 1 aromatic heterocycles. The molecule has 2 aromatic rings. The summed E-state index contributed by atoms with van der Waals surface area (Å²) < 4.78 is 2.56. The van der Waals surface area contributed by atoms with Crippen LogP contribution in [0, 0.1) is 0 Å². The third-order valence-electron chi connectivity index (χ3n) is 1.72. The lowest BCUT2D eigenvalue weighted by atomic mass is 10.3. The first-order valence-corrected chi connectivity index (χ1v) is 6.81. The van der Waals surface area contributed by atoms with Gasteiger partial charge >= 0.3 is 0 Å². The van der Waals surface area contributed by atoms with Gasteiger partial charge in [-0.1, -0.05) is 47.1 Å². The van der Waals surface area contributed by atoms with Crippen LogP contribution in [0.2, 0.25) is 0 Å². The maximum atomic E-state index is 5.52. The van der Waals surface area contributed by atoms with E-state index < -0.39 is 0 Å². The second-order valence-electron chi connectivity index (χ2n) is 2.75. The van der Waals surface area contributed by atoms with Gasteiger partial charge in [-0.25, -0.2) is 4.98 Å². The Morgan fingerprint density at radius 3 is 2.93 bits per heavy atom. The molecule has 0 bridgehead atoms. The Bertz CT molecular complexity index is 456. The molecule has 0 atom stereocenters. The number of thioether (sulfide) groups is 1. The summed E-state index contributed by atoms with van der Waals surface area (Å²) >= 11 is 14.4. The highest BCUT2D eigenvalue weighted by atomic mass is 35.5. The quantitative estimate of drug-likeness (QED) is 0.753. The lowest BCUT2D eigenvalue weighted by molar-refractivity contribution is 1.30. The highest BCUT2D eigenvalue weighted by Gasteiger charge is 2.02. The normalized spacial score (nSPS) is 10.5. The Balaban J connectivity index is 2.12. The van der Waals surface area contributed by atoms with Crippen LogP contribution in [0.4, 0.5) is 0 Å². The number of hydrogen-bond donors (Lipinski definition) is 0. The molecule has 0 unspecified atom stereocenters. The van der Waals surface area contributed by atoms with Crippen LogP contribution in [0.15, 0.2) is 39.2 Å². The number of fused-ring (bicyclic) bond motifs is 1. The van der Waals surface area contributed by atoms with Gasteiger partial charge < -0.3 is 0 Å². The number of halogens is 2. The summed E-state index contributed by atoms with van der Waals surface area (Å²) in [7, 11) is 0. The Labute approximate surface area is 106 Å². The van der Waals surface area contributed by atoms with E-state index in [4.69, 9.17) is 23.2 Å². The maximum Gasteiger partial charge on any atom is 0.151 e. The molecule has 0 aliphatic carbocycles. The number of para-hydroxylation sites is 1. The van der Waals surface area contributed by atoms with Gasteiger partial charge in [-0.2, -0.15) is 0 Å². The number of thiazole rings is 1. The van der Waals surface area contributed by atoms with Crippen molar-refractivity contribution in [1.82, 2.24) is 4.98 Å². The van der Waals surface area contributed by atoms with Crippen LogP contribution in [0.1, 0.15) is 0 Å². The van der Waals surface area contributed by atoms with Crippen molar-refractivity contribution in [2.75, 3.05) is 5.75 Å². The molecule has 78 valence electrons. The Morgan fingerprint density at radius 2 is 2.20 bits per heavy atom. The lowest BCUT2D eigenvalue weighted by Crippen LogP contribution is -1.72. The summed E-state index contributed by atoms with van der Waals surface area (Å²) in [5.41, 5.74) is 1.05. The van der Waals surface area contributed by atoms with Gasteiger partial charge in [-0.3, -0.25) is 0 Å². The third kappa shape index (κ3) is 3.11. The second-order valence-corrected chi connectivity index (χ2v) is 6.06. The van der Waals surface area contributed by atoms with Crippen LogP contribution in [-0.2, 0) is 0 Å². The topological polar surface area (TPSA) is 12.9 Å². The molecule has 0 saturated carbocycles. The van der Waals surface area contributed by atoms with Crippen LogP contribution in [-0.4, -0.2) is 10.7 Å². The van der Waals surface area contributed by atoms with Crippen molar-refractivity contribution in [3.63, 3.8) is 0 Å². The first kappa shape index (κ1) is 11.3. The maximum absolute atomic E-state index is 5.52. The minimum atomic E-state index is 0.309. The smallest absolute Gasteiger partial charge is 0.151 e. The zero-order valence-electron chi connectivity index (χ0n) is 7.61. The molecular formula is C10H7Cl2NS2. The molecule has 15 heavy (non-hydrogen) atoms. The molecule has 0 radical (unpaired) electrons. The zero-order valence-corrected chi connectivity index (χ0v) is 10.8. The molecule has 1 aromatic carbocycles. The molecule has 2 rings (SSSR count). The predicted molar refractivity (Wildman–Crippen MR) is 70.1 cm³/mol. The van der Waals surface area contributed by atoms with Gasteiger partial charge in [0.25, 0.3) is 0 Å². The fourth-order valence-corrected chi connectivity index (χ4v) is 3.39. The van der Waals surface area contributed by atoms with Crippen molar-refractivity contribution < 1.29 is 0 Å². The van der Waals surface area contributed by atoms with Crippen LogP contribution in [0.5, 0.6) is 0 Å². The fraction of sp³-hybridized carbons (Fsp3) is 0.100. The predicted octanol–water partition coefficient (Wildman–Crippen LogP) is 4.71. The molecule has 0 amide bonds. The van der Waals surface area contributed by atoms with Crippen LogP contribution < -0.4 is 0 Å². The molecule has 0 N–H and O–H groups in total.